The van der Waals surface area contributed by atoms with Crippen molar-refractivity contribution in [2.24, 2.45) is 0 Å². The van der Waals surface area contributed by atoms with E-state index in [-0.39, 0.29) is 6.10 Å². The van der Waals surface area contributed by atoms with Crippen LogP contribution in [0.1, 0.15) is 26.3 Å². The van der Waals surface area contributed by atoms with E-state index < -0.39 is 0 Å². The van der Waals surface area contributed by atoms with Crippen LogP contribution in [-0.4, -0.2) is 22.6 Å². The van der Waals surface area contributed by atoms with E-state index >= 15 is 0 Å². The Kier molecular flexibility index (Phi) is 6.26. The Morgan fingerprint density at radius 3 is 2.41 bits per heavy atom. The topological polar surface area (TPSA) is 50.3 Å². The Hall–Kier alpha value is -3.08. The molecular weight excluding hydrogens is 336 g/mol. The summed E-state index contributed by atoms with van der Waals surface area (Å²) in [6.07, 6.45) is 1.76. The van der Waals surface area contributed by atoms with Crippen molar-refractivity contribution in [1.29, 1.82) is 0 Å². The van der Waals surface area contributed by atoms with Crippen LogP contribution in [0, 0.1) is 0 Å². The van der Waals surface area contributed by atoms with Crippen molar-refractivity contribution >= 4 is 17.3 Å². The van der Waals surface area contributed by atoms with E-state index in [1.807, 2.05) is 50.2 Å². The minimum Gasteiger partial charge on any atom is -0.491 e. The number of anilines is 3. The van der Waals surface area contributed by atoms with Gasteiger partial charge in [0.05, 0.1) is 6.10 Å². The second-order valence-electron chi connectivity index (χ2n) is 6.58. The fourth-order valence-electron chi connectivity index (χ4n) is 2.78. The summed E-state index contributed by atoms with van der Waals surface area (Å²) in [5, 5.41) is 3.33. The third-order valence-electron chi connectivity index (χ3n) is 4.07. The van der Waals surface area contributed by atoms with E-state index in [1.165, 1.54) is 5.56 Å². The highest BCUT2D eigenvalue weighted by Gasteiger charge is 2.08. The number of nitrogens with zero attached hydrogens (tertiary/aromatic N) is 3. The smallest absolute Gasteiger partial charge is 0.135 e. The highest BCUT2D eigenvalue weighted by molar-refractivity contribution is 5.60. The molecule has 0 saturated heterocycles. The molecule has 0 atom stereocenters. The molecule has 3 aromatic rings. The van der Waals surface area contributed by atoms with Crippen LogP contribution in [0.2, 0.25) is 0 Å². The first-order valence-electron chi connectivity index (χ1n) is 9.28. The van der Waals surface area contributed by atoms with Crippen LogP contribution in [0.4, 0.5) is 17.3 Å². The Morgan fingerprint density at radius 1 is 1.00 bits per heavy atom. The largest absolute Gasteiger partial charge is 0.491 e. The first-order chi connectivity index (χ1) is 13.1. The normalized spacial score (nSPS) is 10.7. The Labute approximate surface area is 161 Å². The molecule has 0 spiro atoms. The summed E-state index contributed by atoms with van der Waals surface area (Å²) in [6, 6.07) is 20.3. The van der Waals surface area contributed by atoms with Gasteiger partial charge >= 0.3 is 0 Å². The summed E-state index contributed by atoms with van der Waals surface area (Å²) in [5.41, 5.74) is 2.22. The van der Waals surface area contributed by atoms with Crippen molar-refractivity contribution in [3.05, 3.63) is 72.6 Å². The van der Waals surface area contributed by atoms with Gasteiger partial charge in [0.2, 0.25) is 0 Å². The highest BCUT2D eigenvalue weighted by Crippen LogP contribution is 2.22. The Bertz CT molecular complexity index is 834. The predicted molar refractivity (Wildman–Crippen MR) is 111 cm³/mol. The lowest BCUT2D eigenvalue weighted by Crippen LogP contribution is -2.23. The summed E-state index contributed by atoms with van der Waals surface area (Å²) < 4.78 is 5.68. The van der Waals surface area contributed by atoms with Gasteiger partial charge in [-0.05, 0) is 50.6 Å². The van der Waals surface area contributed by atoms with Gasteiger partial charge in [-0.2, -0.15) is 0 Å². The minimum atomic E-state index is 0.165. The van der Waals surface area contributed by atoms with Crippen molar-refractivity contribution in [1.82, 2.24) is 9.97 Å². The average molecular weight is 362 g/mol. The molecule has 5 heteroatoms. The van der Waals surface area contributed by atoms with Gasteiger partial charge in [-0.3, -0.25) is 0 Å². The van der Waals surface area contributed by atoms with Gasteiger partial charge in [-0.15, -0.1) is 0 Å². The number of hydrogen-bond acceptors (Lipinski definition) is 5. The zero-order chi connectivity index (χ0) is 19.1. The first kappa shape index (κ1) is 18.7. The van der Waals surface area contributed by atoms with E-state index in [1.54, 1.807) is 6.33 Å². The van der Waals surface area contributed by atoms with Crippen LogP contribution in [-0.2, 0) is 6.54 Å². The van der Waals surface area contributed by atoms with Gasteiger partial charge in [-0.25, -0.2) is 9.97 Å². The fourth-order valence-corrected chi connectivity index (χ4v) is 2.78. The van der Waals surface area contributed by atoms with E-state index in [0.29, 0.717) is 0 Å². The van der Waals surface area contributed by atoms with Gasteiger partial charge in [0, 0.05) is 24.8 Å². The number of rotatable bonds is 8. The second-order valence-corrected chi connectivity index (χ2v) is 6.58. The van der Waals surface area contributed by atoms with Crippen LogP contribution in [0.3, 0.4) is 0 Å². The SMILES string of the molecule is CCN(Cc1ccccc1)c1cc(Nc2ccc(OC(C)C)cc2)ncn1. The van der Waals surface area contributed by atoms with E-state index in [2.05, 4.69) is 51.4 Å². The molecule has 1 heterocycles. The first-order valence-corrected chi connectivity index (χ1v) is 9.28. The molecule has 0 radical (unpaired) electrons. The molecule has 5 nitrogen and oxygen atoms in total. The molecule has 2 aromatic carbocycles. The third kappa shape index (κ3) is 5.45. The van der Waals surface area contributed by atoms with Gasteiger partial charge in [0.25, 0.3) is 0 Å². The molecule has 0 bridgehead atoms. The maximum absolute atomic E-state index is 5.68. The zero-order valence-electron chi connectivity index (χ0n) is 16.1. The Morgan fingerprint density at radius 2 is 1.74 bits per heavy atom. The second kappa shape index (κ2) is 9.03. The summed E-state index contributed by atoms with van der Waals surface area (Å²) in [4.78, 5) is 11.0. The summed E-state index contributed by atoms with van der Waals surface area (Å²) >= 11 is 0. The lowest BCUT2D eigenvalue weighted by atomic mass is 10.2. The molecule has 0 aliphatic carbocycles. The minimum absolute atomic E-state index is 0.165. The molecule has 27 heavy (non-hydrogen) atoms. The van der Waals surface area contributed by atoms with Gasteiger partial charge in [0.1, 0.15) is 23.7 Å². The van der Waals surface area contributed by atoms with Crippen molar-refractivity contribution in [2.75, 3.05) is 16.8 Å². The van der Waals surface area contributed by atoms with Crippen molar-refractivity contribution in [3.8, 4) is 5.75 Å². The van der Waals surface area contributed by atoms with Crippen molar-refractivity contribution in [2.45, 2.75) is 33.4 Å². The fraction of sp³-hybridized carbons (Fsp3) is 0.273. The molecule has 0 saturated carbocycles. The number of hydrogen-bond donors (Lipinski definition) is 1. The van der Waals surface area contributed by atoms with Crippen LogP contribution < -0.4 is 15.0 Å². The molecule has 1 N–H and O–H groups in total. The summed E-state index contributed by atoms with van der Waals surface area (Å²) in [5.74, 6) is 2.53. The molecule has 0 fully saturated rings. The Balaban J connectivity index is 1.70. The molecule has 1 aromatic heterocycles. The molecule has 3 rings (SSSR count). The summed E-state index contributed by atoms with van der Waals surface area (Å²) in [7, 11) is 0. The number of nitrogens with one attached hydrogen (secondary N) is 1. The van der Waals surface area contributed by atoms with Crippen LogP contribution in [0.25, 0.3) is 0 Å². The zero-order valence-corrected chi connectivity index (χ0v) is 16.1. The number of aromatic nitrogens is 2. The third-order valence-corrected chi connectivity index (χ3v) is 4.07. The standard InChI is InChI=1S/C22H26N4O/c1-4-26(15-18-8-6-5-7-9-18)22-14-21(23-16-24-22)25-19-10-12-20(13-11-19)27-17(2)3/h5-14,16-17H,4,15H2,1-3H3,(H,23,24,25). The van der Waals surface area contributed by atoms with E-state index in [0.717, 1.165) is 36.2 Å². The molecule has 0 aliphatic rings. The number of ether oxygens (including phenoxy) is 1. The monoisotopic (exact) mass is 362 g/mol. The van der Waals surface area contributed by atoms with Crippen LogP contribution in [0.5, 0.6) is 5.75 Å². The number of benzene rings is 2. The molecule has 0 unspecified atom stereocenters. The van der Waals surface area contributed by atoms with Crippen molar-refractivity contribution < 1.29 is 4.74 Å². The summed E-state index contributed by atoms with van der Waals surface area (Å²) in [6.45, 7) is 7.85. The molecule has 0 aliphatic heterocycles. The molecule has 0 amide bonds. The van der Waals surface area contributed by atoms with Crippen LogP contribution in [0.15, 0.2) is 67.0 Å². The molecular formula is C22H26N4O. The van der Waals surface area contributed by atoms with Gasteiger partial charge in [0.15, 0.2) is 0 Å². The van der Waals surface area contributed by atoms with E-state index in [4.69, 9.17) is 4.74 Å². The average Bonchev–Trinajstić information content (AvgIpc) is 2.68. The maximum Gasteiger partial charge on any atom is 0.135 e. The van der Waals surface area contributed by atoms with Crippen molar-refractivity contribution in [3.63, 3.8) is 0 Å². The highest BCUT2D eigenvalue weighted by atomic mass is 16.5. The molecule has 140 valence electrons. The van der Waals surface area contributed by atoms with E-state index in [9.17, 15) is 0 Å². The van der Waals surface area contributed by atoms with Crippen LogP contribution >= 0.6 is 0 Å². The van der Waals surface area contributed by atoms with Gasteiger partial charge < -0.3 is 15.0 Å². The predicted octanol–water partition coefficient (Wildman–Crippen LogP) is 5.03. The lowest BCUT2D eigenvalue weighted by molar-refractivity contribution is 0.242. The van der Waals surface area contributed by atoms with Gasteiger partial charge in [-0.1, -0.05) is 30.3 Å². The quantitative estimate of drug-likeness (QED) is 0.609. The maximum atomic E-state index is 5.68. The lowest BCUT2D eigenvalue weighted by Gasteiger charge is -2.22.